The molecule has 37 heavy (non-hydrogen) atoms. The maximum absolute atomic E-state index is 6.08. The van der Waals surface area contributed by atoms with E-state index in [4.69, 9.17) is 9.16 Å². The van der Waals surface area contributed by atoms with E-state index in [0.29, 0.717) is 11.9 Å². The Morgan fingerprint density at radius 1 is 0.973 bits per heavy atom. The highest BCUT2D eigenvalue weighted by atomic mass is 32.1. The zero-order valence-electron chi connectivity index (χ0n) is 21.3. The molecule has 8 nitrogen and oxygen atoms in total. The van der Waals surface area contributed by atoms with Gasteiger partial charge in [0.25, 0.3) is 0 Å². The van der Waals surface area contributed by atoms with Gasteiger partial charge in [-0.2, -0.15) is 0 Å². The smallest absolute Gasteiger partial charge is 0.231 e. The zero-order chi connectivity index (χ0) is 25.7. The van der Waals surface area contributed by atoms with Crippen molar-refractivity contribution in [3.8, 4) is 0 Å². The quantitative estimate of drug-likeness (QED) is 0.146. The molecule has 4 aromatic rings. The summed E-state index contributed by atoms with van der Waals surface area (Å²) in [6, 6.07) is 19.3. The molecule has 0 bridgehead atoms. The first-order chi connectivity index (χ1) is 18.0. The van der Waals surface area contributed by atoms with Gasteiger partial charge in [0.05, 0.1) is 22.7 Å². The lowest BCUT2D eigenvalue weighted by Gasteiger charge is -2.20. The number of aromatic nitrogens is 1. The lowest BCUT2D eigenvalue weighted by atomic mass is 10.1. The van der Waals surface area contributed by atoms with Gasteiger partial charge in [0, 0.05) is 18.8 Å². The minimum Gasteiger partial charge on any atom is -0.417 e. The van der Waals surface area contributed by atoms with Gasteiger partial charge in [0.1, 0.15) is 16.6 Å². The van der Waals surface area contributed by atoms with Gasteiger partial charge in [-0.1, -0.05) is 41.7 Å². The summed E-state index contributed by atoms with van der Waals surface area (Å²) in [5.41, 5.74) is 4.00. The maximum Gasteiger partial charge on any atom is 0.231 e. The molecule has 0 N–H and O–H groups in total. The third kappa shape index (κ3) is 6.93. The fourth-order valence-corrected chi connectivity index (χ4v) is 6.34. The number of hydrogen-bond acceptors (Lipinski definition) is 10. The van der Waals surface area contributed by atoms with E-state index in [2.05, 4.69) is 62.5 Å². The molecule has 1 aliphatic rings. The van der Waals surface area contributed by atoms with Crippen molar-refractivity contribution in [3.63, 3.8) is 0 Å². The summed E-state index contributed by atoms with van der Waals surface area (Å²) >= 11 is 3.00. The van der Waals surface area contributed by atoms with Crippen LogP contribution < -0.4 is 4.90 Å². The van der Waals surface area contributed by atoms with Gasteiger partial charge in [-0.25, -0.2) is 4.98 Å². The first-order valence-corrected chi connectivity index (χ1v) is 17.1. The molecule has 0 saturated carbocycles. The number of azo groups is 2. The van der Waals surface area contributed by atoms with Gasteiger partial charge < -0.3 is 14.1 Å². The van der Waals surface area contributed by atoms with E-state index in [1.807, 2.05) is 42.5 Å². The molecule has 2 aromatic carbocycles. The first-order valence-electron chi connectivity index (χ1n) is 12.4. The number of hydrogen-bond donors (Lipinski definition) is 0. The molecule has 0 radical (unpaired) electrons. The van der Waals surface area contributed by atoms with Crippen LogP contribution in [0.25, 0.3) is 9.53 Å². The Kier molecular flexibility index (Phi) is 8.16. The Hall–Kier alpha value is -2.83. The van der Waals surface area contributed by atoms with Crippen molar-refractivity contribution < 1.29 is 9.16 Å². The van der Waals surface area contributed by atoms with E-state index in [0.717, 1.165) is 63.8 Å². The van der Waals surface area contributed by atoms with Crippen molar-refractivity contribution in [1.82, 2.24) is 4.98 Å². The van der Waals surface area contributed by atoms with Crippen molar-refractivity contribution in [3.05, 3.63) is 60.2 Å². The van der Waals surface area contributed by atoms with Crippen LogP contribution in [0, 0.1) is 0 Å². The molecule has 3 heterocycles. The molecule has 1 fully saturated rings. The predicted molar refractivity (Wildman–Crippen MR) is 155 cm³/mol. The van der Waals surface area contributed by atoms with E-state index in [9.17, 15) is 0 Å². The number of benzene rings is 2. The van der Waals surface area contributed by atoms with Gasteiger partial charge in [0.2, 0.25) is 5.13 Å². The molecular formula is C26H30N6O2S2Si. The van der Waals surface area contributed by atoms with Crippen molar-refractivity contribution in [2.45, 2.75) is 32.5 Å². The summed E-state index contributed by atoms with van der Waals surface area (Å²) in [7, 11) is -1.48. The second-order valence-corrected chi connectivity index (χ2v) is 15.9. The minimum atomic E-state index is -1.48. The van der Waals surface area contributed by atoms with Crippen LogP contribution in [0.1, 0.15) is 12.5 Å². The molecule has 0 spiro atoms. The number of thiazole rings is 1. The molecule has 192 valence electrons. The van der Waals surface area contributed by atoms with Crippen LogP contribution in [0.5, 0.6) is 0 Å². The summed E-state index contributed by atoms with van der Waals surface area (Å²) in [5.74, 6) is 0. The largest absolute Gasteiger partial charge is 0.417 e. The summed E-state index contributed by atoms with van der Waals surface area (Å²) in [4.78, 5) is 7.67. The highest BCUT2D eigenvalue weighted by Gasteiger charge is 2.18. The van der Waals surface area contributed by atoms with E-state index in [1.54, 1.807) is 0 Å². The fourth-order valence-electron chi connectivity index (χ4n) is 3.64. The van der Waals surface area contributed by atoms with Crippen molar-refractivity contribution in [2.75, 3.05) is 31.4 Å². The molecule has 0 amide bonds. The van der Waals surface area contributed by atoms with Crippen LogP contribution >= 0.6 is 22.7 Å². The predicted octanol–water partition coefficient (Wildman–Crippen LogP) is 8.77. The van der Waals surface area contributed by atoms with Gasteiger partial charge in [-0.3, -0.25) is 0 Å². The Morgan fingerprint density at radius 3 is 2.38 bits per heavy atom. The van der Waals surface area contributed by atoms with Gasteiger partial charge in [-0.05, 0) is 73.6 Å². The summed E-state index contributed by atoms with van der Waals surface area (Å²) in [5, 5.41) is 18.9. The number of fused-ring (bicyclic) bond motifs is 1. The van der Waals surface area contributed by atoms with Gasteiger partial charge in [-0.15, -0.1) is 20.5 Å². The van der Waals surface area contributed by atoms with Crippen LogP contribution in [0.3, 0.4) is 0 Å². The summed E-state index contributed by atoms with van der Waals surface area (Å²) < 4.78 is 12.5. The minimum absolute atomic E-state index is 0.631. The molecule has 0 atom stereocenters. The van der Waals surface area contributed by atoms with Crippen LogP contribution in [-0.2, 0) is 15.6 Å². The number of ether oxygens (including phenoxy) is 1. The topological polar surface area (TPSA) is 84.0 Å². The molecule has 11 heteroatoms. The number of anilines is 1. The molecular weight excluding hydrogens is 521 g/mol. The van der Waals surface area contributed by atoms with Crippen molar-refractivity contribution in [1.29, 1.82) is 0 Å². The number of nitrogens with zero attached hydrogens (tertiary/aromatic N) is 6. The summed E-state index contributed by atoms with van der Waals surface area (Å²) in [6.07, 6.45) is 0.916. The Labute approximate surface area is 225 Å². The second kappa shape index (κ2) is 11.7. The van der Waals surface area contributed by atoms with Gasteiger partial charge >= 0.3 is 0 Å². The molecule has 0 aliphatic carbocycles. The van der Waals surface area contributed by atoms with E-state index in [-0.39, 0.29) is 0 Å². The van der Waals surface area contributed by atoms with Crippen LogP contribution in [0.4, 0.5) is 27.2 Å². The second-order valence-electron chi connectivity index (χ2n) is 9.35. The Bertz CT molecular complexity index is 1350. The lowest BCUT2D eigenvalue weighted by molar-refractivity contribution is 0.201. The standard InChI is InChI=1S/C26H30N6O2S2Si/c1-4-37(2,3)34-15-13-19-5-7-20(8-6-19)28-30-24-17-23-25(36-24)27-26(35-23)31-29-21-9-11-22(12-10-21)32-14-16-33-18-32/h5-12,17H,4,13-16,18H2,1-3H3. The molecule has 0 unspecified atom stereocenters. The highest BCUT2D eigenvalue weighted by Crippen LogP contribution is 2.39. The Balaban J connectivity index is 1.15. The molecule has 2 aromatic heterocycles. The maximum atomic E-state index is 6.08. The normalized spacial score (nSPS) is 14.6. The average Bonchev–Trinajstić information content (AvgIpc) is 3.65. The van der Waals surface area contributed by atoms with Crippen molar-refractivity contribution >= 4 is 67.7 Å². The first kappa shape index (κ1) is 25.8. The fraction of sp³-hybridized carbons (Fsp3) is 0.346. The lowest BCUT2D eigenvalue weighted by Crippen LogP contribution is -2.29. The number of thiophene rings is 1. The molecule has 1 saturated heterocycles. The monoisotopic (exact) mass is 550 g/mol. The van der Waals surface area contributed by atoms with E-state index < -0.39 is 8.32 Å². The third-order valence-corrected chi connectivity index (χ3v) is 10.8. The van der Waals surface area contributed by atoms with Crippen molar-refractivity contribution in [2.24, 2.45) is 20.5 Å². The number of rotatable bonds is 10. The summed E-state index contributed by atoms with van der Waals surface area (Å²) in [6.45, 7) is 9.83. The SMILES string of the molecule is CC[Si](C)(C)OCCc1ccc(N=Nc2cc3sc(N=Nc4ccc(N5CCOC5)cc4)nc3s2)cc1. The van der Waals surface area contributed by atoms with Gasteiger partial charge in [0.15, 0.2) is 8.32 Å². The van der Waals surface area contributed by atoms with Crippen LogP contribution in [-0.4, -0.2) is 39.8 Å². The van der Waals surface area contributed by atoms with Crippen LogP contribution in [0.2, 0.25) is 19.1 Å². The molecule has 1 aliphatic heterocycles. The van der Waals surface area contributed by atoms with Crippen LogP contribution in [0.15, 0.2) is 75.1 Å². The third-order valence-electron chi connectivity index (χ3n) is 6.22. The molecule has 5 rings (SSSR count). The average molecular weight is 551 g/mol. The zero-order valence-corrected chi connectivity index (χ0v) is 23.9. The van der Waals surface area contributed by atoms with E-state index in [1.165, 1.54) is 28.2 Å². The van der Waals surface area contributed by atoms with E-state index >= 15 is 0 Å². The highest BCUT2D eigenvalue weighted by molar-refractivity contribution is 7.30. The Morgan fingerprint density at radius 2 is 1.70 bits per heavy atom.